The molecule has 0 unspecified atom stereocenters. The molecule has 24 heavy (non-hydrogen) atoms. The molecule has 0 saturated heterocycles. The Morgan fingerprint density at radius 1 is 1.25 bits per heavy atom. The normalized spacial score (nSPS) is 17.4. The van der Waals surface area contributed by atoms with Gasteiger partial charge in [-0.1, -0.05) is 37.3 Å². The number of methoxy groups -OCH3 is 1. The molecule has 1 aliphatic rings. The van der Waals surface area contributed by atoms with Crippen molar-refractivity contribution in [2.45, 2.75) is 50.5 Å². The Hall–Kier alpha value is -1.26. The number of nitrogens with zero attached hydrogens (tertiary/aromatic N) is 1. The number of likely N-dealkylation sites (N-methyl/N-ethyl adjacent to an activating group) is 1. The molecular formula is C19H29ClN2O2. The summed E-state index contributed by atoms with van der Waals surface area (Å²) < 4.78 is 5.32. The van der Waals surface area contributed by atoms with E-state index in [1.807, 2.05) is 0 Å². The largest absolute Gasteiger partial charge is 0.496 e. The van der Waals surface area contributed by atoms with Crippen LogP contribution >= 0.6 is 11.6 Å². The number of ether oxygens (including phenoxy) is 1. The molecule has 0 atom stereocenters. The Kier molecular flexibility index (Phi) is 6.93. The van der Waals surface area contributed by atoms with E-state index in [0.717, 1.165) is 18.4 Å². The van der Waals surface area contributed by atoms with E-state index in [0.29, 0.717) is 17.3 Å². The van der Waals surface area contributed by atoms with Gasteiger partial charge >= 0.3 is 0 Å². The van der Waals surface area contributed by atoms with Crippen molar-refractivity contribution in [2.75, 3.05) is 27.7 Å². The van der Waals surface area contributed by atoms with Crippen LogP contribution in [0.2, 0.25) is 5.02 Å². The van der Waals surface area contributed by atoms with Crippen molar-refractivity contribution < 1.29 is 9.53 Å². The third kappa shape index (κ3) is 4.87. The Balaban J connectivity index is 2.00. The van der Waals surface area contributed by atoms with E-state index < -0.39 is 0 Å². The highest BCUT2D eigenvalue weighted by molar-refractivity contribution is 6.30. The third-order valence-corrected chi connectivity index (χ3v) is 5.43. The van der Waals surface area contributed by atoms with E-state index in [2.05, 4.69) is 24.3 Å². The summed E-state index contributed by atoms with van der Waals surface area (Å²) in [5.74, 6) is 0.715. The standard InChI is InChI=1S/C19H29ClN2O2/c1-22(2)19(10-6-4-5-7-11-19)14-21-18(23)13-15-12-16(20)8-9-17(15)24-3/h8-9,12H,4-7,10-11,13-14H2,1-3H3,(H,21,23). The molecule has 1 aromatic carbocycles. The smallest absolute Gasteiger partial charge is 0.224 e. The molecule has 0 spiro atoms. The van der Waals surface area contributed by atoms with Gasteiger partial charge in [-0.2, -0.15) is 0 Å². The first-order valence-corrected chi connectivity index (χ1v) is 9.11. The molecule has 1 aliphatic carbocycles. The van der Waals surface area contributed by atoms with E-state index in [9.17, 15) is 4.79 Å². The van der Waals surface area contributed by atoms with E-state index in [-0.39, 0.29) is 17.9 Å². The van der Waals surface area contributed by atoms with Crippen molar-refractivity contribution >= 4 is 17.5 Å². The molecule has 0 aromatic heterocycles. The summed E-state index contributed by atoms with van der Waals surface area (Å²) >= 11 is 6.04. The summed E-state index contributed by atoms with van der Waals surface area (Å²) in [5, 5.41) is 3.76. The minimum atomic E-state index is 0.0149. The van der Waals surface area contributed by atoms with Gasteiger partial charge in [0.15, 0.2) is 0 Å². The van der Waals surface area contributed by atoms with E-state index in [4.69, 9.17) is 16.3 Å². The van der Waals surface area contributed by atoms with Crippen molar-refractivity contribution in [2.24, 2.45) is 0 Å². The number of benzene rings is 1. The molecular weight excluding hydrogens is 324 g/mol. The molecule has 1 saturated carbocycles. The maximum Gasteiger partial charge on any atom is 0.224 e. The number of amides is 1. The van der Waals surface area contributed by atoms with E-state index >= 15 is 0 Å². The zero-order valence-electron chi connectivity index (χ0n) is 15.0. The fourth-order valence-corrected chi connectivity index (χ4v) is 3.75. The lowest BCUT2D eigenvalue weighted by atomic mass is 9.88. The Bertz CT molecular complexity index is 552. The number of halogens is 1. The van der Waals surface area contributed by atoms with Crippen molar-refractivity contribution in [3.8, 4) is 5.75 Å². The van der Waals surface area contributed by atoms with Crippen LogP contribution in [-0.2, 0) is 11.2 Å². The number of rotatable bonds is 6. The van der Waals surface area contributed by atoms with Crippen LogP contribution in [0.15, 0.2) is 18.2 Å². The van der Waals surface area contributed by atoms with Gasteiger partial charge in [0.1, 0.15) is 5.75 Å². The molecule has 5 heteroatoms. The first-order chi connectivity index (χ1) is 11.5. The van der Waals surface area contributed by atoms with Gasteiger partial charge in [0.05, 0.1) is 13.5 Å². The highest BCUT2D eigenvalue weighted by Gasteiger charge is 2.33. The zero-order chi connectivity index (χ0) is 17.6. The van der Waals surface area contributed by atoms with Gasteiger partial charge < -0.3 is 15.0 Å². The predicted molar refractivity (Wildman–Crippen MR) is 98.8 cm³/mol. The maximum absolute atomic E-state index is 12.5. The summed E-state index contributed by atoms with van der Waals surface area (Å²) in [6.07, 6.45) is 7.62. The van der Waals surface area contributed by atoms with Gasteiger partial charge in [-0.3, -0.25) is 4.79 Å². The van der Waals surface area contributed by atoms with Crippen LogP contribution in [-0.4, -0.2) is 44.1 Å². The van der Waals surface area contributed by atoms with Gasteiger partial charge in [-0.15, -0.1) is 0 Å². The van der Waals surface area contributed by atoms with Crippen molar-refractivity contribution in [3.05, 3.63) is 28.8 Å². The van der Waals surface area contributed by atoms with Gasteiger partial charge in [0.25, 0.3) is 0 Å². The molecule has 1 aromatic rings. The molecule has 1 N–H and O–H groups in total. The molecule has 0 aliphatic heterocycles. The summed E-state index contributed by atoms with van der Waals surface area (Å²) in [5.41, 5.74) is 0.896. The zero-order valence-corrected chi connectivity index (χ0v) is 15.8. The minimum Gasteiger partial charge on any atom is -0.496 e. The number of nitrogens with one attached hydrogen (secondary N) is 1. The quantitative estimate of drug-likeness (QED) is 0.794. The van der Waals surface area contributed by atoms with Crippen LogP contribution < -0.4 is 10.1 Å². The topological polar surface area (TPSA) is 41.6 Å². The second-order valence-electron chi connectivity index (χ2n) is 6.94. The van der Waals surface area contributed by atoms with Crippen molar-refractivity contribution in [1.29, 1.82) is 0 Å². The molecule has 2 rings (SSSR count). The van der Waals surface area contributed by atoms with Crippen LogP contribution in [0.25, 0.3) is 0 Å². The molecule has 0 radical (unpaired) electrons. The van der Waals surface area contributed by atoms with Crippen LogP contribution in [0, 0.1) is 0 Å². The average Bonchev–Trinajstić information content (AvgIpc) is 2.80. The van der Waals surface area contributed by atoms with Gasteiger partial charge in [0, 0.05) is 22.7 Å². The number of hydrogen-bond donors (Lipinski definition) is 1. The monoisotopic (exact) mass is 352 g/mol. The SMILES string of the molecule is COc1ccc(Cl)cc1CC(=O)NCC1(N(C)C)CCCCCC1. The van der Waals surface area contributed by atoms with Gasteiger partial charge in [0.2, 0.25) is 5.91 Å². The fourth-order valence-electron chi connectivity index (χ4n) is 3.55. The Morgan fingerprint density at radius 2 is 1.92 bits per heavy atom. The molecule has 0 bridgehead atoms. The Morgan fingerprint density at radius 3 is 2.50 bits per heavy atom. The van der Waals surface area contributed by atoms with Gasteiger partial charge in [-0.25, -0.2) is 0 Å². The highest BCUT2D eigenvalue weighted by atomic mass is 35.5. The predicted octanol–water partition coefficient (Wildman–Crippen LogP) is 3.66. The van der Waals surface area contributed by atoms with Crippen LogP contribution in [0.4, 0.5) is 0 Å². The summed E-state index contributed by atoms with van der Waals surface area (Å²) in [7, 11) is 5.85. The van der Waals surface area contributed by atoms with Crippen molar-refractivity contribution in [1.82, 2.24) is 10.2 Å². The van der Waals surface area contributed by atoms with Crippen molar-refractivity contribution in [3.63, 3.8) is 0 Å². The number of carbonyl (C=O) groups is 1. The summed E-state index contributed by atoms with van der Waals surface area (Å²) in [6, 6.07) is 5.37. The van der Waals surface area contributed by atoms with E-state index in [1.165, 1.54) is 25.7 Å². The summed E-state index contributed by atoms with van der Waals surface area (Å²) in [4.78, 5) is 14.7. The van der Waals surface area contributed by atoms with Crippen LogP contribution in [0.5, 0.6) is 5.75 Å². The molecule has 1 fully saturated rings. The second-order valence-corrected chi connectivity index (χ2v) is 7.38. The Labute approximate surface area is 150 Å². The highest BCUT2D eigenvalue weighted by Crippen LogP contribution is 2.30. The van der Waals surface area contributed by atoms with Gasteiger partial charge in [-0.05, 0) is 45.1 Å². The number of hydrogen-bond acceptors (Lipinski definition) is 3. The lowest BCUT2D eigenvalue weighted by Crippen LogP contribution is -2.52. The third-order valence-electron chi connectivity index (χ3n) is 5.19. The molecule has 0 heterocycles. The lowest BCUT2D eigenvalue weighted by Gasteiger charge is -2.39. The molecule has 1 amide bonds. The minimum absolute atomic E-state index is 0.0149. The molecule has 134 valence electrons. The molecule has 4 nitrogen and oxygen atoms in total. The first kappa shape index (κ1) is 19.1. The second kappa shape index (κ2) is 8.72. The average molecular weight is 353 g/mol. The van der Waals surface area contributed by atoms with Crippen LogP contribution in [0.1, 0.15) is 44.1 Å². The lowest BCUT2D eigenvalue weighted by molar-refractivity contribution is -0.121. The fraction of sp³-hybridized carbons (Fsp3) is 0.632. The van der Waals surface area contributed by atoms with E-state index in [1.54, 1.807) is 25.3 Å². The number of carbonyl (C=O) groups excluding carboxylic acids is 1. The first-order valence-electron chi connectivity index (χ1n) is 8.73. The maximum atomic E-state index is 12.5. The summed E-state index contributed by atoms with van der Waals surface area (Å²) in [6.45, 7) is 0.696. The van der Waals surface area contributed by atoms with Crippen LogP contribution in [0.3, 0.4) is 0 Å².